The molecule has 0 aliphatic carbocycles. The van der Waals surface area contributed by atoms with Gasteiger partial charge in [-0.1, -0.05) is 78.4 Å². The van der Waals surface area contributed by atoms with Crippen molar-refractivity contribution >= 4 is 11.6 Å². The number of rotatable bonds is 6. The first-order valence-corrected chi connectivity index (χ1v) is 13.3. The average molecular weight is 480 g/mol. The molecule has 2 aliphatic heterocycles. The normalized spacial score (nSPS) is 18.9. The van der Waals surface area contributed by atoms with Crippen molar-refractivity contribution in [3.63, 3.8) is 0 Å². The van der Waals surface area contributed by atoms with Crippen molar-refractivity contribution in [2.75, 3.05) is 19.6 Å². The van der Waals surface area contributed by atoms with E-state index >= 15 is 0 Å². The van der Waals surface area contributed by atoms with Crippen molar-refractivity contribution < 1.29 is 4.79 Å². The Hall–Kier alpha value is -3.24. The molecule has 0 bridgehead atoms. The van der Waals surface area contributed by atoms with Gasteiger partial charge in [0.25, 0.3) is 5.91 Å². The summed E-state index contributed by atoms with van der Waals surface area (Å²) in [6.07, 6.45) is 4.16. The Morgan fingerprint density at radius 3 is 2.33 bits per heavy atom. The van der Waals surface area contributed by atoms with Crippen molar-refractivity contribution in [1.82, 2.24) is 9.91 Å². The summed E-state index contributed by atoms with van der Waals surface area (Å²) in [4.78, 5) is 16.0. The number of aryl methyl sites for hydroxylation is 3. The summed E-state index contributed by atoms with van der Waals surface area (Å²) in [7, 11) is 0. The topological polar surface area (TPSA) is 35.9 Å². The van der Waals surface area contributed by atoms with Crippen molar-refractivity contribution in [3.05, 3.63) is 106 Å². The molecule has 186 valence electrons. The molecule has 1 saturated heterocycles. The van der Waals surface area contributed by atoms with Gasteiger partial charge in [0.05, 0.1) is 18.3 Å². The molecule has 1 unspecified atom stereocenters. The van der Waals surface area contributed by atoms with Gasteiger partial charge < -0.3 is 0 Å². The summed E-state index contributed by atoms with van der Waals surface area (Å²) in [5, 5.41) is 6.74. The minimum atomic E-state index is -0.0509. The quantitative estimate of drug-likeness (QED) is 0.419. The van der Waals surface area contributed by atoms with E-state index in [1.54, 1.807) is 5.01 Å². The fourth-order valence-corrected chi connectivity index (χ4v) is 5.80. The van der Waals surface area contributed by atoms with Gasteiger partial charge in [0.2, 0.25) is 0 Å². The van der Waals surface area contributed by atoms with Crippen LogP contribution in [-0.4, -0.2) is 41.2 Å². The Bertz CT molecular complexity index is 1240. The van der Waals surface area contributed by atoms with Gasteiger partial charge in [0.15, 0.2) is 0 Å². The summed E-state index contributed by atoms with van der Waals surface area (Å²) in [6, 6.07) is 25.6. The van der Waals surface area contributed by atoms with Crippen LogP contribution in [0, 0.1) is 26.7 Å². The van der Waals surface area contributed by atoms with Crippen molar-refractivity contribution in [3.8, 4) is 0 Å². The Labute approximate surface area is 215 Å². The summed E-state index contributed by atoms with van der Waals surface area (Å²) in [5.41, 5.74) is 8.43. The number of piperidine rings is 1. The highest BCUT2D eigenvalue weighted by Crippen LogP contribution is 2.35. The average Bonchev–Trinajstić information content (AvgIpc) is 3.31. The third-order valence-corrected chi connectivity index (χ3v) is 7.84. The molecule has 1 fully saturated rings. The van der Waals surface area contributed by atoms with E-state index in [0.29, 0.717) is 12.5 Å². The van der Waals surface area contributed by atoms with Gasteiger partial charge in [-0.15, -0.1) is 0 Å². The number of likely N-dealkylation sites (tertiary alicyclic amines) is 1. The lowest BCUT2D eigenvalue weighted by molar-refractivity contribution is -0.134. The number of benzene rings is 3. The molecule has 5 rings (SSSR count). The first-order valence-electron chi connectivity index (χ1n) is 13.3. The van der Waals surface area contributed by atoms with Gasteiger partial charge in [-0.05, 0) is 81.3 Å². The predicted molar refractivity (Wildman–Crippen MR) is 147 cm³/mol. The van der Waals surface area contributed by atoms with Crippen LogP contribution < -0.4 is 0 Å². The number of carbonyl (C=O) groups is 1. The molecule has 4 nitrogen and oxygen atoms in total. The van der Waals surface area contributed by atoms with Gasteiger partial charge in [-0.25, -0.2) is 5.01 Å². The van der Waals surface area contributed by atoms with E-state index in [1.165, 1.54) is 27.8 Å². The number of amides is 1. The molecule has 0 radical (unpaired) electrons. The van der Waals surface area contributed by atoms with Crippen LogP contribution in [0.15, 0.2) is 77.9 Å². The van der Waals surface area contributed by atoms with Crippen LogP contribution in [0.5, 0.6) is 0 Å². The first kappa shape index (κ1) is 24.5. The molecule has 0 spiro atoms. The monoisotopic (exact) mass is 479 g/mol. The van der Waals surface area contributed by atoms with Crippen LogP contribution in [0.2, 0.25) is 0 Å². The highest BCUT2D eigenvalue weighted by Gasteiger charge is 2.35. The van der Waals surface area contributed by atoms with Crippen LogP contribution in [0.1, 0.15) is 58.7 Å². The minimum absolute atomic E-state index is 0.0509. The van der Waals surface area contributed by atoms with Crippen molar-refractivity contribution in [1.29, 1.82) is 0 Å². The van der Waals surface area contributed by atoms with Crippen LogP contribution in [0.3, 0.4) is 0 Å². The molecule has 3 aromatic rings. The van der Waals surface area contributed by atoms with Gasteiger partial charge in [0, 0.05) is 12.0 Å². The van der Waals surface area contributed by atoms with E-state index < -0.39 is 0 Å². The number of hydrazone groups is 1. The zero-order chi connectivity index (χ0) is 25.1. The third kappa shape index (κ3) is 5.44. The standard InChI is InChI=1S/C32H37N3O/c1-23-13-14-28(25(3)19-23)30-21-31(29-12-8-7-9-24(29)2)35(33-30)32(36)22-34-17-15-27(16-18-34)20-26-10-5-4-6-11-26/h4-14,19,27,31H,15-18,20-22H2,1-3H3. The van der Waals surface area contributed by atoms with Gasteiger partial charge in [0.1, 0.15) is 0 Å². The molecule has 3 aromatic carbocycles. The lowest BCUT2D eigenvalue weighted by atomic mass is 9.90. The smallest absolute Gasteiger partial charge is 0.257 e. The highest BCUT2D eigenvalue weighted by atomic mass is 16.2. The molecule has 2 heterocycles. The Kier molecular flexibility index (Phi) is 7.33. The maximum Gasteiger partial charge on any atom is 0.257 e. The van der Waals surface area contributed by atoms with Crippen LogP contribution in [0.25, 0.3) is 0 Å². The van der Waals surface area contributed by atoms with Crippen molar-refractivity contribution in [2.45, 2.75) is 52.5 Å². The van der Waals surface area contributed by atoms with Gasteiger partial charge in [-0.2, -0.15) is 5.10 Å². The molecule has 4 heteroatoms. The van der Waals surface area contributed by atoms with Gasteiger partial charge >= 0.3 is 0 Å². The number of hydrogen-bond acceptors (Lipinski definition) is 3. The van der Waals surface area contributed by atoms with E-state index in [0.717, 1.165) is 50.0 Å². The largest absolute Gasteiger partial charge is 0.294 e. The van der Waals surface area contributed by atoms with Crippen LogP contribution in [0.4, 0.5) is 0 Å². The molecule has 2 aliphatic rings. The van der Waals surface area contributed by atoms with E-state index in [2.05, 4.69) is 98.5 Å². The SMILES string of the molecule is Cc1ccc(C2=NN(C(=O)CN3CCC(Cc4ccccc4)CC3)C(c3ccccc3C)C2)c(C)c1. The fourth-order valence-electron chi connectivity index (χ4n) is 5.80. The Morgan fingerprint density at radius 2 is 1.61 bits per heavy atom. The van der Waals surface area contributed by atoms with Crippen LogP contribution >= 0.6 is 0 Å². The van der Waals surface area contributed by atoms with Crippen LogP contribution in [-0.2, 0) is 11.2 Å². The minimum Gasteiger partial charge on any atom is -0.294 e. The summed E-state index contributed by atoms with van der Waals surface area (Å²) in [6.45, 7) is 8.76. The lowest BCUT2D eigenvalue weighted by Gasteiger charge is -2.33. The Morgan fingerprint density at radius 1 is 0.889 bits per heavy atom. The first-order chi connectivity index (χ1) is 17.5. The molecule has 1 atom stereocenters. The second kappa shape index (κ2) is 10.8. The zero-order valence-electron chi connectivity index (χ0n) is 21.8. The maximum atomic E-state index is 13.7. The second-order valence-electron chi connectivity index (χ2n) is 10.6. The number of carbonyl (C=O) groups excluding carboxylic acids is 1. The summed E-state index contributed by atoms with van der Waals surface area (Å²) in [5.74, 6) is 0.795. The number of hydrogen-bond donors (Lipinski definition) is 0. The lowest BCUT2D eigenvalue weighted by Crippen LogP contribution is -2.42. The summed E-state index contributed by atoms with van der Waals surface area (Å²) >= 11 is 0. The molecule has 36 heavy (non-hydrogen) atoms. The molecular weight excluding hydrogens is 442 g/mol. The number of nitrogens with zero attached hydrogens (tertiary/aromatic N) is 3. The van der Waals surface area contributed by atoms with E-state index in [1.807, 2.05) is 0 Å². The maximum absolute atomic E-state index is 13.7. The fraction of sp³-hybridized carbons (Fsp3) is 0.375. The molecule has 0 saturated carbocycles. The van der Waals surface area contributed by atoms with E-state index in [-0.39, 0.29) is 11.9 Å². The highest BCUT2D eigenvalue weighted by molar-refractivity contribution is 6.04. The Balaban J connectivity index is 1.30. The molecule has 0 aromatic heterocycles. The summed E-state index contributed by atoms with van der Waals surface area (Å²) < 4.78 is 0. The molecular formula is C32H37N3O. The molecule has 1 amide bonds. The zero-order valence-corrected chi connectivity index (χ0v) is 21.8. The third-order valence-electron chi connectivity index (χ3n) is 7.84. The van der Waals surface area contributed by atoms with E-state index in [4.69, 9.17) is 5.10 Å². The predicted octanol–water partition coefficient (Wildman–Crippen LogP) is 6.24. The van der Waals surface area contributed by atoms with Gasteiger partial charge in [-0.3, -0.25) is 9.69 Å². The van der Waals surface area contributed by atoms with Crippen molar-refractivity contribution in [2.24, 2.45) is 11.0 Å². The second-order valence-corrected chi connectivity index (χ2v) is 10.6. The molecule has 0 N–H and O–H groups in total. The van der Waals surface area contributed by atoms with E-state index in [9.17, 15) is 4.79 Å².